The third kappa shape index (κ3) is 2.29. The second-order valence-electron chi connectivity index (χ2n) is 6.81. The lowest BCUT2D eigenvalue weighted by molar-refractivity contribution is -0.139. The molecule has 0 saturated carbocycles. The Kier molecular flexibility index (Phi) is 4.07. The van der Waals surface area contributed by atoms with Gasteiger partial charge in [0.2, 0.25) is 5.78 Å². The Morgan fingerprint density at radius 2 is 1.96 bits per heavy atom. The fraction of sp³-hybridized carbons (Fsp3) is 0.400. The van der Waals surface area contributed by atoms with Crippen molar-refractivity contribution in [3.8, 4) is 0 Å². The highest BCUT2D eigenvalue weighted by molar-refractivity contribution is 6.25. The van der Waals surface area contributed by atoms with Crippen molar-refractivity contribution in [2.24, 2.45) is 0 Å². The predicted molar refractivity (Wildman–Crippen MR) is 93.2 cm³/mol. The summed E-state index contributed by atoms with van der Waals surface area (Å²) in [6.07, 6.45) is 3.53. The van der Waals surface area contributed by atoms with E-state index >= 15 is 0 Å². The van der Waals surface area contributed by atoms with Gasteiger partial charge >= 0.3 is 5.97 Å². The van der Waals surface area contributed by atoms with Crippen molar-refractivity contribution in [2.75, 3.05) is 20.3 Å². The maximum atomic E-state index is 13.0. The quantitative estimate of drug-likeness (QED) is 0.649. The number of ether oxygens (including phenoxy) is 2. The molecule has 6 heteroatoms. The first-order valence-corrected chi connectivity index (χ1v) is 8.79. The van der Waals surface area contributed by atoms with Crippen molar-refractivity contribution in [3.05, 3.63) is 59.0 Å². The van der Waals surface area contributed by atoms with E-state index in [4.69, 9.17) is 9.47 Å². The van der Waals surface area contributed by atoms with E-state index in [-0.39, 0.29) is 17.4 Å². The van der Waals surface area contributed by atoms with Crippen molar-refractivity contribution in [3.63, 3.8) is 0 Å². The minimum atomic E-state index is -0.821. The van der Waals surface area contributed by atoms with Gasteiger partial charge < -0.3 is 19.5 Å². The molecule has 0 radical (unpaired) electrons. The zero-order chi connectivity index (χ0) is 18.3. The van der Waals surface area contributed by atoms with Gasteiger partial charge in [0.15, 0.2) is 0 Å². The molecule has 1 fully saturated rings. The van der Waals surface area contributed by atoms with Gasteiger partial charge in [-0.25, -0.2) is 4.79 Å². The summed E-state index contributed by atoms with van der Waals surface area (Å²) in [6, 6.07) is 9.86. The number of methoxy groups -OCH3 is 1. The number of hydrogen-bond acceptors (Lipinski definition) is 6. The maximum Gasteiger partial charge on any atom is 0.345 e. The summed E-state index contributed by atoms with van der Waals surface area (Å²) in [7, 11) is 1.22. The van der Waals surface area contributed by atoms with Crippen LogP contribution in [0.4, 0.5) is 0 Å². The molecule has 0 aliphatic carbocycles. The zero-order valence-corrected chi connectivity index (χ0v) is 14.6. The summed E-state index contributed by atoms with van der Waals surface area (Å²) in [5.41, 5.74) is 0.481. The summed E-state index contributed by atoms with van der Waals surface area (Å²) in [6.45, 7) is 0.913. The Hall–Kier alpha value is -2.60. The van der Waals surface area contributed by atoms with E-state index in [0.29, 0.717) is 38.2 Å². The van der Waals surface area contributed by atoms with Gasteiger partial charge in [-0.3, -0.25) is 4.79 Å². The van der Waals surface area contributed by atoms with Crippen molar-refractivity contribution >= 4 is 11.8 Å². The Labute approximate surface area is 151 Å². The lowest BCUT2D eigenvalue weighted by atomic mass is 9.78. The second kappa shape index (κ2) is 6.29. The van der Waals surface area contributed by atoms with Gasteiger partial charge in [-0.05, 0) is 12.0 Å². The molecule has 0 bridgehead atoms. The number of ketones is 1. The van der Waals surface area contributed by atoms with Crippen LogP contribution in [0.1, 0.15) is 30.9 Å². The average Bonchev–Trinajstić information content (AvgIpc) is 3.14. The van der Waals surface area contributed by atoms with Gasteiger partial charge in [-0.1, -0.05) is 36.4 Å². The Morgan fingerprint density at radius 3 is 2.62 bits per heavy atom. The number of Topliss-reactive ketones (excluding diaryl/α,β-unsaturated/α-hetero) is 1. The molecule has 1 aromatic carbocycles. The molecule has 3 heterocycles. The van der Waals surface area contributed by atoms with Crippen LogP contribution in [0.15, 0.2) is 53.4 Å². The van der Waals surface area contributed by atoms with Gasteiger partial charge in [0.05, 0.1) is 18.8 Å². The molecule has 0 aromatic heterocycles. The van der Waals surface area contributed by atoms with Crippen LogP contribution in [0.5, 0.6) is 0 Å². The molecule has 26 heavy (non-hydrogen) atoms. The summed E-state index contributed by atoms with van der Waals surface area (Å²) in [5, 5.41) is 11.1. The minimum Gasteiger partial charge on any atom is -0.509 e. The fourth-order valence-corrected chi connectivity index (χ4v) is 4.35. The smallest absolute Gasteiger partial charge is 0.345 e. The molecule has 6 nitrogen and oxygen atoms in total. The van der Waals surface area contributed by atoms with Crippen LogP contribution in [0.25, 0.3) is 0 Å². The first-order valence-electron chi connectivity index (χ1n) is 8.79. The first-order chi connectivity index (χ1) is 12.6. The molecule has 136 valence electrons. The largest absolute Gasteiger partial charge is 0.509 e. The fourth-order valence-electron chi connectivity index (χ4n) is 4.35. The van der Waals surface area contributed by atoms with Gasteiger partial charge in [0, 0.05) is 26.1 Å². The third-order valence-electron chi connectivity index (χ3n) is 5.60. The standard InChI is InChI=1S/C20H21NO5/c1-25-19(24)16-17(22)15-8-7-14(13-5-3-2-4-6-13)21(15)20(18(16)23)9-11-26-12-10-20/h2-6,8,14,23H,7,9-12H2,1H3. The minimum absolute atomic E-state index is 0.0606. The van der Waals surface area contributed by atoms with Crippen LogP contribution in [-0.4, -0.2) is 47.6 Å². The van der Waals surface area contributed by atoms with E-state index in [2.05, 4.69) is 0 Å². The van der Waals surface area contributed by atoms with Gasteiger partial charge in [-0.15, -0.1) is 0 Å². The number of benzene rings is 1. The molecular weight excluding hydrogens is 334 g/mol. The summed E-state index contributed by atoms with van der Waals surface area (Å²) in [4.78, 5) is 27.2. The highest BCUT2D eigenvalue weighted by Crippen LogP contribution is 2.51. The topological polar surface area (TPSA) is 76.1 Å². The third-order valence-corrected chi connectivity index (χ3v) is 5.60. The Morgan fingerprint density at radius 1 is 1.27 bits per heavy atom. The Balaban J connectivity index is 1.88. The highest BCUT2D eigenvalue weighted by atomic mass is 16.5. The SMILES string of the molecule is COC(=O)C1=C(O)C2(CCOCC2)N2C(=CCC2c2ccccc2)C1=O. The molecule has 1 unspecified atom stereocenters. The van der Waals surface area contributed by atoms with Crippen molar-refractivity contribution in [1.82, 2.24) is 4.90 Å². The highest BCUT2D eigenvalue weighted by Gasteiger charge is 2.55. The van der Waals surface area contributed by atoms with E-state index in [1.54, 1.807) is 0 Å². The van der Waals surface area contributed by atoms with E-state index < -0.39 is 17.3 Å². The lowest BCUT2D eigenvalue weighted by Gasteiger charge is -2.51. The monoisotopic (exact) mass is 355 g/mol. The van der Waals surface area contributed by atoms with Gasteiger partial charge in [0.25, 0.3) is 0 Å². The lowest BCUT2D eigenvalue weighted by Crippen LogP contribution is -2.57. The van der Waals surface area contributed by atoms with Crippen LogP contribution in [0.3, 0.4) is 0 Å². The van der Waals surface area contributed by atoms with E-state index in [0.717, 1.165) is 5.56 Å². The molecule has 1 atom stereocenters. The van der Waals surface area contributed by atoms with Crippen LogP contribution < -0.4 is 0 Å². The van der Waals surface area contributed by atoms with Crippen LogP contribution in [0, 0.1) is 0 Å². The zero-order valence-electron chi connectivity index (χ0n) is 14.6. The molecule has 4 rings (SSSR count). The van der Waals surface area contributed by atoms with Crippen molar-refractivity contribution in [2.45, 2.75) is 30.8 Å². The number of fused-ring (bicyclic) bond motifs is 2. The number of rotatable bonds is 2. The van der Waals surface area contributed by atoms with Gasteiger partial charge in [-0.2, -0.15) is 0 Å². The number of carbonyl (C=O) groups excluding carboxylic acids is 2. The van der Waals surface area contributed by atoms with E-state index in [1.165, 1.54) is 7.11 Å². The van der Waals surface area contributed by atoms with Crippen LogP contribution in [0.2, 0.25) is 0 Å². The summed E-state index contributed by atoms with van der Waals surface area (Å²) in [5.74, 6) is -1.44. The molecule has 1 aromatic rings. The maximum absolute atomic E-state index is 13.0. The van der Waals surface area contributed by atoms with Crippen molar-refractivity contribution in [1.29, 1.82) is 0 Å². The number of nitrogens with zero attached hydrogens (tertiary/aromatic N) is 1. The van der Waals surface area contributed by atoms with Crippen molar-refractivity contribution < 1.29 is 24.2 Å². The molecule has 0 amide bonds. The Bertz CT molecular complexity index is 805. The first kappa shape index (κ1) is 16.8. The number of hydrogen-bond donors (Lipinski definition) is 1. The number of aliphatic hydroxyl groups excluding tert-OH is 1. The number of esters is 1. The van der Waals surface area contributed by atoms with Crippen LogP contribution in [-0.2, 0) is 19.1 Å². The second-order valence-corrected chi connectivity index (χ2v) is 6.81. The van der Waals surface area contributed by atoms with Crippen LogP contribution >= 0.6 is 0 Å². The normalized spacial score (nSPS) is 24.5. The number of carbonyl (C=O) groups is 2. The van der Waals surface area contributed by atoms with Gasteiger partial charge in [0.1, 0.15) is 16.9 Å². The number of aliphatic hydroxyl groups is 1. The molecule has 1 saturated heterocycles. The molecule has 3 aliphatic heterocycles. The summed E-state index contributed by atoms with van der Waals surface area (Å²) < 4.78 is 10.3. The van der Waals surface area contributed by atoms with E-state index in [1.807, 2.05) is 41.3 Å². The average molecular weight is 355 g/mol. The molecule has 3 aliphatic rings. The summed E-state index contributed by atoms with van der Waals surface area (Å²) >= 11 is 0. The molecular formula is C20H21NO5. The van der Waals surface area contributed by atoms with E-state index in [9.17, 15) is 14.7 Å². The molecule has 1 N–H and O–H groups in total. The number of allylic oxidation sites excluding steroid dienone is 1. The molecule has 1 spiro atoms. The predicted octanol–water partition coefficient (Wildman–Crippen LogP) is 2.43.